The topological polar surface area (TPSA) is 52.6 Å². The summed E-state index contributed by atoms with van der Waals surface area (Å²) in [6, 6.07) is 0. The van der Waals surface area contributed by atoms with Crippen LogP contribution in [0.1, 0.15) is 47.5 Å². The minimum Gasteiger partial charge on any atom is -0.462 e. The van der Waals surface area contributed by atoms with Crippen molar-refractivity contribution in [3.8, 4) is 0 Å². The summed E-state index contributed by atoms with van der Waals surface area (Å²) in [5.74, 6) is 0.624. The van der Waals surface area contributed by atoms with Crippen LogP contribution in [-0.4, -0.2) is 30.6 Å². The Morgan fingerprint density at radius 3 is 2.75 bits per heavy atom. The maximum absolute atomic E-state index is 12.8. The van der Waals surface area contributed by atoms with Crippen LogP contribution in [0, 0.1) is 35.0 Å². The van der Waals surface area contributed by atoms with E-state index in [2.05, 4.69) is 26.8 Å². The minimum atomic E-state index is -0.589. The molecule has 0 aromatic carbocycles. The normalized spacial score (nSPS) is 45.5. The molecule has 0 aromatic rings. The summed E-state index contributed by atoms with van der Waals surface area (Å²) in [6.07, 6.45) is 5.23. The number of allylic oxidation sites excluding steroid dienone is 2. The van der Waals surface area contributed by atoms with Gasteiger partial charge in [-0.3, -0.25) is 9.59 Å². The van der Waals surface area contributed by atoms with E-state index >= 15 is 0 Å². The maximum Gasteiger partial charge on any atom is 0.309 e. The molecule has 134 valence electrons. The zero-order valence-electron chi connectivity index (χ0n) is 15.5. The van der Waals surface area contributed by atoms with E-state index in [1.165, 1.54) is 0 Å². The predicted octanol–water partition coefficient (Wildman–Crippen LogP) is 3.40. The van der Waals surface area contributed by atoms with Gasteiger partial charge in [0.15, 0.2) is 5.78 Å². The molecule has 3 rings (SSSR count). The standard InChI is InChI=1S/C20H30O4/c1-6-11(2)10-23-18-17-13(4)19(22)24-15(17)9-12(3)14-7-8-16(21)20(14,18)5/h7-8,11-15,17-18H,6,9-10H2,1-5H3. The highest BCUT2D eigenvalue weighted by Crippen LogP contribution is 2.54. The number of carbonyl (C=O) groups is 2. The monoisotopic (exact) mass is 334 g/mol. The first-order chi connectivity index (χ1) is 11.3. The lowest BCUT2D eigenvalue weighted by Crippen LogP contribution is -2.50. The summed E-state index contributed by atoms with van der Waals surface area (Å²) >= 11 is 0. The summed E-state index contributed by atoms with van der Waals surface area (Å²) in [5.41, 5.74) is -0.589. The molecule has 2 aliphatic carbocycles. The summed E-state index contributed by atoms with van der Waals surface area (Å²) in [4.78, 5) is 25.0. The van der Waals surface area contributed by atoms with Crippen molar-refractivity contribution in [3.05, 3.63) is 12.2 Å². The molecule has 1 saturated heterocycles. The van der Waals surface area contributed by atoms with Gasteiger partial charge in [0.05, 0.1) is 17.4 Å². The fourth-order valence-corrected chi connectivity index (χ4v) is 4.90. The third-order valence-corrected chi connectivity index (χ3v) is 6.74. The van der Waals surface area contributed by atoms with Crippen LogP contribution in [0.4, 0.5) is 0 Å². The van der Waals surface area contributed by atoms with Crippen LogP contribution in [0.3, 0.4) is 0 Å². The predicted molar refractivity (Wildman–Crippen MR) is 91.3 cm³/mol. The first-order valence-electron chi connectivity index (χ1n) is 9.35. The molecular formula is C20H30O4. The van der Waals surface area contributed by atoms with Gasteiger partial charge in [-0.25, -0.2) is 0 Å². The van der Waals surface area contributed by atoms with Crippen LogP contribution >= 0.6 is 0 Å². The van der Waals surface area contributed by atoms with Crippen molar-refractivity contribution < 1.29 is 19.1 Å². The highest BCUT2D eigenvalue weighted by atomic mass is 16.6. The molecular weight excluding hydrogens is 304 g/mol. The molecule has 0 N–H and O–H groups in total. The molecule has 1 heterocycles. The molecule has 8 atom stereocenters. The molecule has 0 bridgehead atoms. The van der Waals surface area contributed by atoms with Gasteiger partial charge < -0.3 is 9.47 Å². The van der Waals surface area contributed by atoms with Crippen molar-refractivity contribution in [3.63, 3.8) is 0 Å². The number of hydrogen-bond donors (Lipinski definition) is 0. The molecule has 1 saturated carbocycles. The Morgan fingerprint density at radius 1 is 1.38 bits per heavy atom. The van der Waals surface area contributed by atoms with Crippen LogP contribution in [-0.2, 0) is 19.1 Å². The van der Waals surface area contributed by atoms with Crippen LogP contribution in [0.15, 0.2) is 12.2 Å². The Labute approximate surface area is 145 Å². The van der Waals surface area contributed by atoms with E-state index in [1.54, 1.807) is 6.08 Å². The molecule has 0 aromatic heterocycles. The fourth-order valence-electron chi connectivity index (χ4n) is 4.90. The van der Waals surface area contributed by atoms with Crippen molar-refractivity contribution in [2.45, 2.75) is 59.7 Å². The second kappa shape index (κ2) is 6.29. The smallest absolute Gasteiger partial charge is 0.309 e. The molecule has 24 heavy (non-hydrogen) atoms. The molecule has 0 amide bonds. The van der Waals surface area contributed by atoms with E-state index in [0.717, 1.165) is 12.8 Å². The number of hydrogen-bond acceptors (Lipinski definition) is 4. The molecule has 4 heteroatoms. The van der Waals surface area contributed by atoms with Gasteiger partial charge in [0, 0.05) is 12.5 Å². The lowest BCUT2D eigenvalue weighted by Gasteiger charge is -2.41. The second-order valence-electron chi connectivity index (χ2n) is 8.35. The molecule has 8 unspecified atom stereocenters. The first-order valence-corrected chi connectivity index (χ1v) is 9.35. The molecule has 2 fully saturated rings. The molecule has 0 radical (unpaired) electrons. The van der Waals surface area contributed by atoms with Crippen LogP contribution in [0.2, 0.25) is 0 Å². The van der Waals surface area contributed by atoms with Crippen LogP contribution in [0.5, 0.6) is 0 Å². The quantitative estimate of drug-likeness (QED) is 0.740. The van der Waals surface area contributed by atoms with Crippen molar-refractivity contribution in [1.82, 2.24) is 0 Å². The lowest BCUT2D eigenvalue weighted by molar-refractivity contribution is -0.146. The van der Waals surface area contributed by atoms with E-state index in [9.17, 15) is 9.59 Å². The van der Waals surface area contributed by atoms with E-state index in [1.807, 2.05) is 13.8 Å². The summed E-state index contributed by atoms with van der Waals surface area (Å²) in [5, 5.41) is 0. The zero-order chi connectivity index (χ0) is 17.6. The number of ketones is 1. The van der Waals surface area contributed by atoms with Crippen LogP contribution in [0.25, 0.3) is 0 Å². The Morgan fingerprint density at radius 2 is 2.08 bits per heavy atom. The zero-order valence-corrected chi connectivity index (χ0v) is 15.5. The molecule has 3 aliphatic rings. The van der Waals surface area contributed by atoms with Gasteiger partial charge in [0.25, 0.3) is 0 Å². The van der Waals surface area contributed by atoms with Gasteiger partial charge in [0.1, 0.15) is 6.10 Å². The molecule has 4 nitrogen and oxygen atoms in total. The number of ether oxygens (including phenoxy) is 2. The Kier molecular flexibility index (Phi) is 4.63. The fraction of sp³-hybridized carbons (Fsp3) is 0.800. The minimum absolute atomic E-state index is 0.0390. The van der Waals surface area contributed by atoms with Gasteiger partial charge >= 0.3 is 5.97 Å². The number of carbonyl (C=O) groups excluding carboxylic acids is 2. The Balaban J connectivity index is 1.99. The van der Waals surface area contributed by atoms with E-state index < -0.39 is 5.41 Å². The van der Waals surface area contributed by atoms with E-state index in [0.29, 0.717) is 18.4 Å². The first kappa shape index (κ1) is 17.7. The third kappa shape index (κ3) is 2.54. The third-order valence-electron chi connectivity index (χ3n) is 6.74. The average molecular weight is 334 g/mol. The summed E-state index contributed by atoms with van der Waals surface area (Å²) in [7, 11) is 0. The van der Waals surface area contributed by atoms with Crippen molar-refractivity contribution in [2.75, 3.05) is 6.61 Å². The van der Waals surface area contributed by atoms with E-state index in [4.69, 9.17) is 9.47 Å². The van der Waals surface area contributed by atoms with Crippen molar-refractivity contribution in [2.24, 2.45) is 35.0 Å². The van der Waals surface area contributed by atoms with Gasteiger partial charge in [-0.2, -0.15) is 0 Å². The lowest BCUT2D eigenvalue weighted by atomic mass is 9.66. The average Bonchev–Trinajstić information content (AvgIpc) is 2.96. The number of esters is 1. The Hall–Kier alpha value is -1.16. The van der Waals surface area contributed by atoms with Gasteiger partial charge in [-0.05, 0) is 37.2 Å². The Bertz CT molecular complexity index is 554. The maximum atomic E-state index is 12.8. The van der Waals surface area contributed by atoms with Gasteiger partial charge in [-0.1, -0.05) is 40.2 Å². The largest absolute Gasteiger partial charge is 0.462 e. The summed E-state index contributed by atoms with van der Waals surface area (Å²) in [6.45, 7) is 11.0. The van der Waals surface area contributed by atoms with Crippen molar-refractivity contribution in [1.29, 1.82) is 0 Å². The molecule has 0 spiro atoms. The van der Waals surface area contributed by atoms with Crippen LogP contribution < -0.4 is 0 Å². The SMILES string of the molecule is CCC(C)COC1C2C(CC(C)C3C=CC(=O)C31C)OC(=O)C2C. The number of fused-ring (bicyclic) bond motifs is 2. The number of rotatable bonds is 4. The highest BCUT2D eigenvalue weighted by molar-refractivity contribution is 5.98. The summed E-state index contributed by atoms with van der Waals surface area (Å²) < 4.78 is 12.1. The van der Waals surface area contributed by atoms with Gasteiger partial charge in [-0.15, -0.1) is 0 Å². The molecule has 1 aliphatic heterocycles. The van der Waals surface area contributed by atoms with Gasteiger partial charge in [0.2, 0.25) is 0 Å². The highest BCUT2D eigenvalue weighted by Gasteiger charge is 2.61. The van der Waals surface area contributed by atoms with E-state index in [-0.39, 0.29) is 41.7 Å². The van der Waals surface area contributed by atoms with Crippen molar-refractivity contribution >= 4 is 11.8 Å². The second-order valence-corrected chi connectivity index (χ2v) is 8.35.